The molecule has 0 bridgehead atoms. The SMILES string of the molecule is CCC1CCCCN1c1ccc(NC(=O)c2cccc(Br)c2)cn1. The number of aromatic nitrogens is 1. The number of halogens is 1. The maximum Gasteiger partial charge on any atom is 0.255 e. The molecule has 1 amide bonds. The minimum atomic E-state index is -0.129. The topological polar surface area (TPSA) is 45.2 Å². The van der Waals surface area contributed by atoms with Crippen LogP contribution in [0.2, 0.25) is 0 Å². The van der Waals surface area contributed by atoms with Gasteiger partial charge in [0.15, 0.2) is 0 Å². The van der Waals surface area contributed by atoms with Gasteiger partial charge in [0, 0.05) is 22.6 Å². The van der Waals surface area contributed by atoms with Crippen molar-refractivity contribution < 1.29 is 4.79 Å². The van der Waals surface area contributed by atoms with Crippen molar-refractivity contribution in [3.63, 3.8) is 0 Å². The molecule has 1 aliphatic rings. The third kappa shape index (κ3) is 3.96. The van der Waals surface area contributed by atoms with Crippen molar-refractivity contribution >= 4 is 33.3 Å². The van der Waals surface area contributed by atoms with Crippen LogP contribution in [0.15, 0.2) is 47.1 Å². The monoisotopic (exact) mass is 387 g/mol. The number of nitrogens with one attached hydrogen (secondary N) is 1. The predicted molar refractivity (Wildman–Crippen MR) is 102 cm³/mol. The Kier molecular flexibility index (Phi) is 5.51. The highest BCUT2D eigenvalue weighted by atomic mass is 79.9. The molecule has 1 fully saturated rings. The van der Waals surface area contributed by atoms with E-state index in [0.29, 0.717) is 17.3 Å². The highest BCUT2D eigenvalue weighted by molar-refractivity contribution is 9.10. The first kappa shape index (κ1) is 17.0. The number of hydrogen-bond donors (Lipinski definition) is 1. The number of rotatable bonds is 4. The molecule has 1 atom stereocenters. The lowest BCUT2D eigenvalue weighted by Crippen LogP contribution is -2.39. The average Bonchev–Trinajstić information content (AvgIpc) is 2.62. The Hall–Kier alpha value is -1.88. The summed E-state index contributed by atoms with van der Waals surface area (Å²) < 4.78 is 0.888. The molecule has 1 unspecified atom stereocenters. The fourth-order valence-corrected chi connectivity index (χ4v) is 3.59. The molecule has 2 heterocycles. The minimum absolute atomic E-state index is 0.129. The minimum Gasteiger partial charge on any atom is -0.354 e. The van der Waals surface area contributed by atoms with Gasteiger partial charge in [0.25, 0.3) is 5.91 Å². The maximum absolute atomic E-state index is 12.3. The number of benzene rings is 1. The molecule has 1 aliphatic heterocycles. The van der Waals surface area contributed by atoms with Crippen molar-refractivity contribution in [2.24, 2.45) is 0 Å². The normalized spacial score (nSPS) is 17.6. The van der Waals surface area contributed by atoms with Gasteiger partial charge in [0.05, 0.1) is 11.9 Å². The number of anilines is 2. The van der Waals surface area contributed by atoms with Crippen LogP contribution >= 0.6 is 15.9 Å². The van der Waals surface area contributed by atoms with Crippen LogP contribution in [-0.2, 0) is 0 Å². The first-order chi connectivity index (χ1) is 11.7. The van der Waals surface area contributed by atoms with E-state index >= 15 is 0 Å². The molecule has 1 saturated heterocycles. The largest absolute Gasteiger partial charge is 0.354 e. The molecular weight excluding hydrogens is 366 g/mol. The molecular formula is C19H22BrN3O. The van der Waals surface area contributed by atoms with E-state index in [1.807, 2.05) is 24.3 Å². The van der Waals surface area contributed by atoms with Gasteiger partial charge in [0.1, 0.15) is 5.82 Å². The first-order valence-electron chi connectivity index (χ1n) is 8.47. The van der Waals surface area contributed by atoms with E-state index in [0.717, 1.165) is 23.3 Å². The van der Waals surface area contributed by atoms with E-state index in [1.165, 1.54) is 19.3 Å². The van der Waals surface area contributed by atoms with Crippen LogP contribution in [0.25, 0.3) is 0 Å². The highest BCUT2D eigenvalue weighted by Gasteiger charge is 2.21. The number of carbonyl (C=O) groups is 1. The number of nitrogens with zero attached hydrogens (tertiary/aromatic N) is 2. The molecule has 4 nitrogen and oxygen atoms in total. The Morgan fingerprint density at radius 2 is 2.21 bits per heavy atom. The molecule has 5 heteroatoms. The number of pyridine rings is 1. The smallest absolute Gasteiger partial charge is 0.255 e. The van der Waals surface area contributed by atoms with E-state index in [2.05, 4.69) is 38.1 Å². The van der Waals surface area contributed by atoms with E-state index < -0.39 is 0 Å². The summed E-state index contributed by atoms with van der Waals surface area (Å²) in [4.78, 5) is 19.2. The van der Waals surface area contributed by atoms with Crippen molar-refractivity contribution in [3.05, 3.63) is 52.6 Å². The summed E-state index contributed by atoms with van der Waals surface area (Å²) in [5.74, 6) is 0.872. The van der Waals surface area contributed by atoms with Crippen LogP contribution in [0.3, 0.4) is 0 Å². The second kappa shape index (κ2) is 7.79. The molecule has 1 aromatic carbocycles. The van der Waals surface area contributed by atoms with Crippen LogP contribution in [0, 0.1) is 0 Å². The molecule has 1 N–H and O–H groups in total. The second-order valence-corrected chi connectivity index (χ2v) is 7.04. The second-order valence-electron chi connectivity index (χ2n) is 6.12. The van der Waals surface area contributed by atoms with Gasteiger partial charge in [0.2, 0.25) is 0 Å². The van der Waals surface area contributed by atoms with Gasteiger partial charge in [-0.3, -0.25) is 4.79 Å². The molecule has 0 saturated carbocycles. The quantitative estimate of drug-likeness (QED) is 0.813. The molecule has 2 aromatic rings. The molecule has 3 rings (SSSR count). The lowest BCUT2D eigenvalue weighted by atomic mass is 10.00. The first-order valence-corrected chi connectivity index (χ1v) is 9.26. The Bertz CT molecular complexity index is 702. The molecule has 1 aromatic heterocycles. The van der Waals surface area contributed by atoms with Crippen molar-refractivity contribution in [1.29, 1.82) is 0 Å². The summed E-state index contributed by atoms with van der Waals surface area (Å²) in [5.41, 5.74) is 1.34. The van der Waals surface area contributed by atoms with Gasteiger partial charge >= 0.3 is 0 Å². The van der Waals surface area contributed by atoms with Crippen molar-refractivity contribution in [2.75, 3.05) is 16.8 Å². The fraction of sp³-hybridized carbons (Fsp3) is 0.368. The summed E-state index contributed by atoms with van der Waals surface area (Å²) in [6.45, 7) is 3.30. The van der Waals surface area contributed by atoms with E-state index in [4.69, 9.17) is 0 Å². The van der Waals surface area contributed by atoms with Crippen molar-refractivity contribution in [2.45, 2.75) is 38.6 Å². The summed E-state index contributed by atoms with van der Waals surface area (Å²) in [7, 11) is 0. The van der Waals surface area contributed by atoms with Crippen LogP contribution in [0.4, 0.5) is 11.5 Å². The van der Waals surface area contributed by atoms with E-state index in [9.17, 15) is 4.79 Å². The lowest BCUT2D eigenvalue weighted by Gasteiger charge is -2.36. The fourth-order valence-electron chi connectivity index (χ4n) is 3.19. The predicted octanol–water partition coefficient (Wildman–Crippen LogP) is 4.87. The van der Waals surface area contributed by atoms with Crippen molar-refractivity contribution in [3.8, 4) is 0 Å². The van der Waals surface area contributed by atoms with E-state index in [1.54, 1.807) is 18.3 Å². The van der Waals surface area contributed by atoms with Gasteiger partial charge in [-0.1, -0.05) is 28.9 Å². The number of carbonyl (C=O) groups excluding carboxylic acids is 1. The molecule has 0 radical (unpaired) electrons. The van der Waals surface area contributed by atoms with Crippen LogP contribution < -0.4 is 10.2 Å². The number of amides is 1. The Labute approximate surface area is 151 Å². The average molecular weight is 388 g/mol. The van der Waals surface area contributed by atoms with Gasteiger partial charge < -0.3 is 10.2 Å². The van der Waals surface area contributed by atoms with Gasteiger partial charge in [-0.05, 0) is 56.0 Å². The summed E-state index contributed by atoms with van der Waals surface area (Å²) >= 11 is 3.38. The van der Waals surface area contributed by atoms with Gasteiger partial charge in [-0.15, -0.1) is 0 Å². The maximum atomic E-state index is 12.3. The lowest BCUT2D eigenvalue weighted by molar-refractivity contribution is 0.102. The third-order valence-electron chi connectivity index (χ3n) is 4.49. The third-order valence-corrected chi connectivity index (χ3v) is 4.98. The zero-order valence-corrected chi connectivity index (χ0v) is 15.4. The standard InChI is InChI=1S/C19H22BrN3O/c1-2-17-8-3-4-11-23(17)18-10-9-16(13-21-18)22-19(24)14-6-5-7-15(20)12-14/h5-7,9-10,12-13,17H,2-4,8,11H2,1H3,(H,22,24). The number of hydrogen-bond acceptors (Lipinski definition) is 3. The summed E-state index contributed by atoms with van der Waals surface area (Å²) in [6.07, 6.45) is 6.64. The molecule has 24 heavy (non-hydrogen) atoms. The van der Waals surface area contributed by atoms with E-state index in [-0.39, 0.29) is 5.91 Å². The zero-order valence-electron chi connectivity index (χ0n) is 13.8. The van der Waals surface area contributed by atoms with Crippen LogP contribution in [0.5, 0.6) is 0 Å². The summed E-state index contributed by atoms with van der Waals surface area (Å²) in [5, 5.41) is 2.90. The highest BCUT2D eigenvalue weighted by Crippen LogP contribution is 2.25. The van der Waals surface area contributed by atoms with Crippen LogP contribution in [-0.4, -0.2) is 23.5 Å². The Morgan fingerprint density at radius 3 is 2.92 bits per heavy atom. The summed E-state index contributed by atoms with van der Waals surface area (Å²) in [6, 6.07) is 11.9. The van der Waals surface area contributed by atoms with Gasteiger partial charge in [-0.2, -0.15) is 0 Å². The molecule has 0 aliphatic carbocycles. The Balaban J connectivity index is 1.69. The number of piperidine rings is 1. The van der Waals surface area contributed by atoms with Crippen molar-refractivity contribution in [1.82, 2.24) is 4.98 Å². The molecule has 126 valence electrons. The Morgan fingerprint density at radius 1 is 1.33 bits per heavy atom. The van der Waals surface area contributed by atoms with Gasteiger partial charge in [-0.25, -0.2) is 4.98 Å². The molecule has 0 spiro atoms. The zero-order chi connectivity index (χ0) is 16.9. The van der Waals surface area contributed by atoms with Crippen LogP contribution in [0.1, 0.15) is 43.0 Å².